The molecule has 0 aliphatic carbocycles. The van der Waals surface area contributed by atoms with Crippen LogP contribution in [0.15, 0.2) is 41.2 Å². The molecule has 1 aromatic carbocycles. The second kappa shape index (κ2) is 5.91. The lowest BCUT2D eigenvalue weighted by Crippen LogP contribution is -2.16. The normalized spacial score (nSPS) is 9.95. The molecule has 7 nitrogen and oxygen atoms in total. The summed E-state index contributed by atoms with van der Waals surface area (Å²) >= 11 is 0. The van der Waals surface area contributed by atoms with Gasteiger partial charge in [0.1, 0.15) is 0 Å². The van der Waals surface area contributed by atoms with Crippen LogP contribution >= 0.6 is 0 Å². The number of hydrogen-bond donors (Lipinski definition) is 3. The maximum absolute atomic E-state index is 11.9. The summed E-state index contributed by atoms with van der Waals surface area (Å²) in [6.45, 7) is 0. The van der Waals surface area contributed by atoms with Crippen molar-refractivity contribution in [2.45, 2.75) is 0 Å². The molecule has 1 aromatic heterocycles. The topological polar surface area (TPSA) is 108 Å². The Hall–Kier alpha value is -3.09. The molecule has 3 N–H and O–H groups in total. The summed E-state index contributed by atoms with van der Waals surface area (Å²) in [4.78, 5) is 36.5. The quantitative estimate of drug-likeness (QED) is 0.733. The molecule has 2 rings (SSSR count). The number of aromatic hydroxyl groups is 1. The van der Waals surface area contributed by atoms with Gasteiger partial charge < -0.3 is 15.2 Å². The summed E-state index contributed by atoms with van der Waals surface area (Å²) in [5.74, 6) is -1.43. The van der Waals surface area contributed by atoms with Gasteiger partial charge in [0.15, 0.2) is 5.88 Å². The first-order valence-corrected chi connectivity index (χ1v) is 5.92. The Morgan fingerprint density at radius 2 is 1.81 bits per heavy atom. The zero-order valence-electron chi connectivity index (χ0n) is 11.0. The summed E-state index contributed by atoms with van der Waals surface area (Å²) in [6, 6.07) is 8.25. The van der Waals surface area contributed by atoms with Crippen molar-refractivity contribution in [1.29, 1.82) is 0 Å². The Balaban J connectivity index is 2.16. The van der Waals surface area contributed by atoms with Crippen molar-refractivity contribution in [3.05, 3.63) is 57.9 Å². The van der Waals surface area contributed by atoms with Crippen molar-refractivity contribution in [2.75, 3.05) is 12.4 Å². The van der Waals surface area contributed by atoms with Crippen LogP contribution in [0, 0.1) is 0 Å². The number of amides is 1. The molecule has 0 aliphatic rings. The van der Waals surface area contributed by atoms with Crippen molar-refractivity contribution < 1.29 is 19.4 Å². The van der Waals surface area contributed by atoms with Gasteiger partial charge in [-0.3, -0.25) is 14.6 Å². The number of aromatic amines is 1. The predicted molar refractivity (Wildman–Crippen MR) is 74.5 cm³/mol. The molecule has 0 atom stereocenters. The molecule has 0 aliphatic heterocycles. The van der Waals surface area contributed by atoms with E-state index in [1.54, 1.807) is 0 Å². The maximum atomic E-state index is 11.9. The van der Waals surface area contributed by atoms with E-state index < -0.39 is 23.3 Å². The van der Waals surface area contributed by atoms with Crippen LogP contribution in [0.5, 0.6) is 5.88 Å². The van der Waals surface area contributed by atoms with Gasteiger partial charge in [0.25, 0.3) is 11.5 Å². The highest BCUT2D eigenvalue weighted by Gasteiger charge is 2.10. The van der Waals surface area contributed by atoms with E-state index in [0.717, 1.165) is 12.1 Å². The van der Waals surface area contributed by atoms with E-state index in [0.29, 0.717) is 11.3 Å². The van der Waals surface area contributed by atoms with Crippen LogP contribution in [0.25, 0.3) is 0 Å². The molecule has 0 saturated heterocycles. The third kappa shape index (κ3) is 3.47. The van der Waals surface area contributed by atoms with Gasteiger partial charge in [0, 0.05) is 17.8 Å². The van der Waals surface area contributed by atoms with Crippen LogP contribution in [0.2, 0.25) is 0 Å². The lowest BCUT2D eigenvalue weighted by atomic mass is 10.2. The first-order valence-electron chi connectivity index (χ1n) is 5.92. The molecule has 7 heteroatoms. The molecule has 1 amide bonds. The van der Waals surface area contributed by atoms with Crippen molar-refractivity contribution in [3.8, 4) is 5.88 Å². The highest BCUT2D eigenvalue weighted by Crippen LogP contribution is 2.12. The van der Waals surface area contributed by atoms with E-state index in [4.69, 9.17) is 0 Å². The lowest BCUT2D eigenvalue weighted by Gasteiger charge is -2.06. The first kappa shape index (κ1) is 14.3. The average molecular weight is 288 g/mol. The molecule has 0 spiro atoms. The Morgan fingerprint density at radius 3 is 2.38 bits per heavy atom. The van der Waals surface area contributed by atoms with Gasteiger partial charge in [-0.25, -0.2) is 4.79 Å². The fourth-order valence-corrected chi connectivity index (χ4v) is 1.67. The number of ether oxygens (including phenoxy) is 1. The SMILES string of the molecule is COC(=O)c1ccc(NC(=O)c2cc(O)[nH]c(=O)c2)cc1. The molecule has 1 heterocycles. The number of H-pyrrole nitrogens is 1. The summed E-state index contributed by atoms with van der Waals surface area (Å²) in [5, 5.41) is 11.8. The number of aromatic nitrogens is 1. The van der Waals surface area contributed by atoms with Crippen molar-refractivity contribution in [1.82, 2.24) is 4.98 Å². The highest BCUT2D eigenvalue weighted by atomic mass is 16.5. The number of nitrogens with one attached hydrogen (secondary N) is 2. The summed E-state index contributed by atoms with van der Waals surface area (Å²) in [5.41, 5.74) is 0.228. The summed E-state index contributed by atoms with van der Waals surface area (Å²) in [6.07, 6.45) is 0. The van der Waals surface area contributed by atoms with Crippen molar-refractivity contribution in [3.63, 3.8) is 0 Å². The second-order valence-corrected chi connectivity index (χ2v) is 4.14. The van der Waals surface area contributed by atoms with E-state index >= 15 is 0 Å². The molecule has 0 unspecified atom stereocenters. The fourth-order valence-electron chi connectivity index (χ4n) is 1.67. The van der Waals surface area contributed by atoms with Crippen molar-refractivity contribution in [2.24, 2.45) is 0 Å². The largest absolute Gasteiger partial charge is 0.494 e. The molecule has 2 aromatic rings. The Morgan fingerprint density at radius 1 is 1.14 bits per heavy atom. The van der Waals surface area contributed by atoms with Crippen LogP contribution in [-0.4, -0.2) is 29.1 Å². The molecule has 0 fully saturated rings. The predicted octanol–water partition coefficient (Wildman–Crippen LogP) is 1.12. The molecule has 0 saturated carbocycles. The van der Waals surface area contributed by atoms with Gasteiger partial charge in [0.05, 0.1) is 18.2 Å². The van der Waals surface area contributed by atoms with Gasteiger partial charge in [0.2, 0.25) is 0 Å². The van der Waals surface area contributed by atoms with Gasteiger partial charge >= 0.3 is 5.97 Å². The Kier molecular flexibility index (Phi) is 4.03. The average Bonchev–Trinajstić information content (AvgIpc) is 2.46. The third-order valence-electron chi connectivity index (χ3n) is 2.66. The fraction of sp³-hybridized carbons (Fsp3) is 0.0714. The number of methoxy groups -OCH3 is 1. The van der Waals surface area contributed by atoms with Gasteiger partial charge in [-0.05, 0) is 24.3 Å². The zero-order chi connectivity index (χ0) is 15.4. The highest BCUT2D eigenvalue weighted by molar-refractivity contribution is 6.04. The maximum Gasteiger partial charge on any atom is 0.337 e. The summed E-state index contributed by atoms with van der Waals surface area (Å²) in [7, 11) is 1.28. The van der Waals surface area contributed by atoms with Gasteiger partial charge in [-0.2, -0.15) is 0 Å². The number of benzene rings is 1. The van der Waals surface area contributed by atoms with Crippen LogP contribution in [0.4, 0.5) is 5.69 Å². The molecule has 21 heavy (non-hydrogen) atoms. The molecule has 108 valence electrons. The minimum Gasteiger partial charge on any atom is -0.494 e. The number of carbonyl (C=O) groups is 2. The molecular formula is C14H12N2O5. The summed E-state index contributed by atoms with van der Waals surface area (Å²) < 4.78 is 4.56. The zero-order valence-corrected chi connectivity index (χ0v) is 11.0. The molecular weight excluding hydrogens is 276 g/mol. The van der Waals surface area contributed by atoms with Crippen LogP contribution in [-0.2, 0) is 4.74 Å². The van der Waals surface area contributed by atoms with Gasteiger partial charge in [-0.1, -0.05) is 0 Å². The number of hydrogen-bond acceptors (Lipinski definition) is 5. The van der Waals surface area contributed by atoms with Crippen LogP contribution in [0.3, 0.4) is 0 Å². The number of rotatable bonds is 3. The third-order valence-corrected chi connectivity index (χ3v) is 2.66. The smallest absolute Gasteiger partial charge is 0.337 e. The minimum absolute atomic E-state index is 0.0216. The number of esters is 1. The second-order valence-electron chi connectivity index (χ2n) is 4.14. The number of carbonyl (C=O) groups excluding carboxylic acids is 2. The Labute approximate surface area is 119 Å². The van der Waals surface area contributed by atoms with E-state index in [1.165, 1.54) is 31.4 Å². The lowest BCUT2D eigenvalue weighted by molar-refractivity contribution is 0.0600. The van der Waals surface area contributed by atoms with E-state index in [-0.39, 0.29) is 5.56 Å². The van der Waals surface area contributed by atoms with Gasteiger partial charge in [-0.15, -0.1) is 0 Å². The standard InChI is InChI=1S/C14H12N2O5/c1-21-14(20)8-2-4-10(5-3-8)15-13(19)9-6-11(17)16-12(18)7-9/h2-7H,1H3,(H,15,19)(H2,16,17,18). The number of anilines is 1. The van der Waals surface area contributed by atoms with E-state index in [9.17, 15) is 19.5 Å². The first-order chi connectivity index (χ1) is 9.99. The Bertz CT molecular complexity index is 734. The minimum atomic E-state index is -0.582. The monoisotopic (exact) mass is 288 g/mol. The van der Waals surface area contributed by atoms with Crippen LogP contribution < -0.4 is 10.9 Å². The molecule has 0 radical (unpaired) electrons. The van der Waals surface area contributed by atoms with E-state index in [2.05, 4.69) is 15.0 Å². The molecule has 0 bridgehead atoms. The number of pyridine rings is 1. The van der Waals surface area contributed by atoms with Crippen molar-refractivity contribution >= 4 is 17.6 Å². The van der Waals surface area contributed by atoms with E-state index in [1.807, 2.05) is 0 Å². The van der Waals surface area contributed by atoms with Crippen LogP contribution in [0.1, 0.15) is 20.7 Å².